The zero-order chi connectivity index (χ0) is 26.2. The zero-order valence-electron chi connectivity index (χ0n) is 22.3. The summed E-state index contributed by atoms with van der Waals surface area (Å²) in [6.45, 7) is 7.58. The fourth-order valence-electron chi connectivity index (χ4n) is 6.16. The number of carbonyl (C=O) groups is 1. The van der Waals surface area contributed by atoms with Gasteiger partial charge in [-0.15, -0.1) is 0 Å². The lowest BCUT2D eigenvalue weighted by atomic mass is 9.99. The number of piperazine rings is 1. The molecule has 4 heterocycles. The third-order valence-corrected chi connectivity index (χ3v) is 8.38. The third kappa shape index (κ3) is 4.71. The van der Waals surface area contributed by atoms with Gasteiger partial charge in [0.15, 0.2) is 0 Å². The van der Waals surface area contributed by atoms with E-state index in [-0.39, 0.29) is 0 Å². The molecular weight excluding hydrogens is 480 g/mol. The summed E-state index contributed by atoms with van der Waals surface area (Å²) in [5, 5.41) is 11.9. The van der Waals surface area contributed by atoms with E-state index >= 15 is 0 Å². The molecule has 1 amide bonds. The SMILES string of the molecule is Cc1cccc2cccc(N3CCc4c(nc(OC[C@@H]5CCCN5C)nc4N4CCN(C(=O)O)CC4)C3)c12. The normalized spacial score (nSPS) is 20.2. The number of fused-ring (bicyclic) bond motifs is 2. The van der Waals surface area contributed by atoms with Gasteiger partial charge in [-0.3, -0.25) is 0 Å². The Balaban J connectivity index is 1.32. The predicted molar refractivity (Wildman–Crippen MR) is 148 cm³/mol. The lowest BCUT2D eigenvalue weighted by Gasteiger charge is -2.37. The quantitative estimate of drug-likeness (QED) is 0.549. The van der Waals surface area contributed by atoms with E-state index in [2.05, 4.69) is 65.1 Å². The van der Waals surface area contributed by atoms with E-state index in [9.17, 15) is 9.90 Å². The van der Waals surface area contributed by atoms with E-state index in [4.69, 9.17) is 14.7 Å². The van der Waals surface area contributed by atoms with Crippen molar-refractivity contribution in [3.05, 3.63) is 53.2 Å². The Kier molecular flexibility index (Phi) is 6.69. The Labute approximate surface area is 223 Å². The van der Waals surface area contributed by atoms with Gasteiger partial charge in [-0.2, -0.15) is 9.97 Å². The highest BCUT2D eigenvalue weighted by molar-refractivity contribution is 5.97. The lowest BCUT2D eigenvalue weighted by molar-refractivity contribution is 0.142. The van der Waals surface area contributed by atoms with Crippen LogP contribution in [0.15, 0.2) is 36.4 Å². The molecule has 6 rings (SSSR count). The molecule has 0 bridgehead atoms. The predicted octanol–water partition coefficient (Wildman–Crippen LogP) is 3.77. The highest BCUT2D eigenvalue weighted by atomic mass is 16.5. The summed E-state index contributed by atoms with van der Waals surface area (Å²) in [5.74, 6) is 0.906. The van der Waals surface area contributed by atoms with E-state index in [0.717, 1.165) is 43.0 Å². The number of carboxylic acid groups (broad SMARTS) is 1. The van der Waals surface area contributed by atoms with Crippen molar-refractivity contribution in [2.75, 3.05) is 62.7 Å². The maximum absolute atomic E-state index is 11.5. The van der Waals surface area contributed by atoms with Gasteiger partial charge in [-0.25, -0.2) is 4.79 Å². The van der Waals surface area contributed by atoms with Crippen LogP contribution in [0.25, 0.3) is 10.8 Å². The molecule has 1 aromatic heterocycles. The summed E-state index contributed by atoms with van der Waals surface area (Å²) in [4.78, 5) is 29.8. The second-order valence-electron chi connectivity index (χ2n) is 10.7. The number of rotatable bonds is 5. The van der Waals surface area contributed by atoms with Crippen molar-refractivity contribution in [3.8, 4) is 6.01 Å². The van der Waals surface area contributed by atoms with Crippen LogP contribution in [0.4, 0.5) is 16.3 Å². The first-order chi connectivity index (χ1) is 18.5. The van der Waals surface area contributed by atoms with Crippen LogP contribution >= 0.6 is 0 Å². The number of hydrogen-bond donors (Lipinski definition) is 1. The van der Waals surface area contributed by atoms with Gasteiger partial charge in [0.25, 0.3) is 0 Å². The summed E-state index contributed by atoms with van der Waals surface area (Å²) < 4.78 is 6.23. The highest BCUT2D eigenvalue weighted by Gasteiger charge is 2.30. The summed E-state index contributed by atoms with van der Waals surface area (Å²) in [6.07, 6.45) is 2.28. The molecule has 1 N–H and O–H groups in total. The van der Waals surface area contributed by atoms with E-state index in [1.807, 2.05) is 0 Å². The highest BCUT2D eigenvalue weighted by Crippen LogP contribution is 2.35. The molecule has 3 aliphatic heterocycles. The maximum atomic E-state index is 11.5. The number of likely N-dealkylation sites (tertiary alicyclic amines) is 1. The summed E-state index contributed by atoms with van der Waals surface area (Å²) >= 11 is 0. The molecule has 2 aromatic carbocycles. The molecule has 0 spiro atoms. The average Bonchev–Trinajstić information content (AvgIpc) is 3.35. The minimum Gasteiger partial charge on any atom is -0.465 e. The van der Waals surface area contributed by atoms with Gasteiger partial charge in [0, 0.05) is 55.4 Å². The van der Waals surface area contributed by atoms with Crippen LogP contribution in [0, 0.1) is 6.92 Å². The van der Waals surface area contributed by atoms with Crippen molar-refractivity contribution in [3.63, 3.8) is 0 Å². The van der Waals surface area contributed by atoms with E-state index < -0.39 is 6.09 Å². The van der Waals surface area contributed by atoms with Crippen LogP contribution in [0.5, 0.6) is 6.01 Å². The van der Waals surface area contributed by atoms with Gasteiger partial charge in [-0.05, 0) is 56.8 Å². The second-order valence-corrected chi connectivity index (χ2v) is 10.7. The van der Waals surface area contributed by atoms with Crippen LogP contribution in [0.3, 0.4) is 0 Å². The van der Waals surface area contributed by atoms with Crippen molar-refractivity contribution in [2.45, 2.75) is 38.8 Å². The first kappa shape index (κ1) is 24.7. The van der Waals surface area contributed by atoms with Gasteiger partial charge >= 0.3 is 12.1 Å². The minimum absolute atomic E-state index is 0.382. The Morgan fingerprint density at radius 1 is 1.03 bits per heavy atom. The molecule has 9 nitrogen and oxygen atoms in total. The van der Waals surface area contributed by atoms with Gasteiger partial charge in [-0.1, -0.05) is 30.3 Å². The molecule has 9 heteroatoms. The van der Waals surface area contributed by atoms with Gasteiger partial charge in [0.2, 0.25) is 0 Å². The number of ether oxygens (including phenoxy) is 1. The van der Waals surface area contributed by atoms with Crippen molar-refractivity contribution < 1.29 is 14.6 Å². The molecule has 0 saturated carbocycles. The Hall–Kier alpha value is -3.59. The fraction of sp³-hybridized carbons (Fsp3) is 0.483. The number of aryl methyl sites for hydroxylation is 1. The molecule has 38 heavy (non-hydrogen) atoms. The smallest absolute Gasteiger partial charge is 0.407 e. The van der Waals surface area contributed by atoms with E-state index in [0.29, 0.717) is 51.4 Å². The van der Waals surface area contributed by atoms with E-state index in [1.54, 1.807) is 0 Å². The largest absolute Gasteiger partial charge is 0.465 e. The summed E-state index contributed by atoms with van der Waals surface area (Å²) in [7, 11) is 2.14. The lowest BCUT2D eigenvalue weighted by Crippen LogP contribution is -2.49. The van der Waals surface area contributed by atoms with Crippen LogP contribution in [0.2, 0.25) is 0 Å². The van der Waals surface area contributed by atoms with Gasteiger partial charge < -0.3 is 29.4 Å². The Morgan fingerprint density at radius 3 is 2.55 bits per heavy atom. The van der Waals surface area contributed by atoms with Gasteiger partial charge in [0.05, 0.1) is 12.2 Å². The van der Waals surface area contributed by atoms with Crippen molar-refractivity contribution >= 4 is 28.4 Å². The molecule has 0 aliphatic carbocycles. The fourth-order valence-corrected chi connectivity index (χ4v) is 6.16. The minimum atomic E-state index is -0.861. The average molecular weight is 517 g/mol. The number of hydrogen-bond acceptors (Lipinski definition) is 7. The van der Waals surface area contributed by atoms with Crippen LogP contribution in [-0.4, -0.2) is 89.9 Å². The topological polar surface area (TPSA) is 85.3 Å². The Bertz CT molecular complexity index is 1330. The van der Waals surface area contributed by atoms with Crippen LogP contribution < -0.4 is 14.5 Å². The summed E-state index contributed by atoms with van der Waals surface area (Å²) in [6, 6.07) is 13.8. The number of amides is 1. The van der Waals surface area contributed by atoms with Crippen molar-refractivity contribution in [1.29, 1.82) is 0 Å². The summed E-state index contributed by atoms with van der Waals surface area (Å²) in [5.41, 5.74) is 4.67. The number of aromatic nitrogens is 2. The van der Waals surface area contributed by atoms with Gasteiger partial charge in [0.1, 0.15) is 12.4 Å². The molecule has 1 atom stereocenters. The Morgan fingerprint density at radius 2 is 1.82 bits per heavy atom. The number of anilines is 2. The molecule has 3 aliphatic rings. The number of nitrogens with zero attached hydrogens (tertiary/aromatic N) is 6. The molecule has 2 fully saturated rings. The molecular formula is C29H36N6O3. The molecule has 200 valence electrons. The third-order valence-electron chi connectivity index (χ3n) is 8.38. The zero-order valence-corrected chi connectivity index (χ0v) is 22.3. The number of likely N-dealkylation sites (N-methyl/N-ethyl adjacent to an activating group) is 1. The standard InChI is InChI=1S/C29H36N6O3/c1-20-6-3-7-21-8-4-10-25(26(20)21)35-13-11-23-24(18-35)30-28(38-19-22-9-5-12-32(22)2)31-27(23)33-14-16-34(17-15-33)29(36)37/h3-4,6-8,10,22H,5,9,11-19H2,1-2H3,(H,36,37)/t22-/m0/s1. The first-order valence-electron chi connectivity index (χ1n) is 13.7. The first-order valence-corrected chi connectivity index (χ1v) is 13.7. The van der Waals surface area contributed by atoms with Crippen LogP contribution in [0.1, 0.15) is 29.7 Å². The molecule has 3 aromatic rings. The van der Waals surface area contributed by atoms with Crippen molar-refractivity contribution in [2.24, 2.45) is 0 Å². The second kappa shape index (κ2) is 10.3. The van der Waals surface area contributed by atoms with Crippen molar-refractivity contribution in [1.82, 2.24) is 19.8 Å². The molecule has 0 unspecified atom stereocenters. The van der Waals surface area contributed by atoms with Crippen LogP contribution in [-0.2, 0) is 13.0 Å². The monoisotopic (exact) mass is 516 g/mol. The molecule has 2 saturated heterocycles. The maximum Gasteiger partial charge on any atom is 0.407 e. The molecule has 0 radical (unpaired) electrons. The van der Waals surface area contributed by atoms with E-state index in [1.165, 1.54) is 33.3 Å². The number of benzene rings is 2.